The van der Waals surface area contributed by atoms with Crippen LogP contribution in [0, 0.1) is 5.92 Å². The van der Waals surface area contributed by atoms with E-state index < -0.39 is 11.7 Å². The monoisotopic (exact) mass is 231 g/mol. The lowest BCUT2D eigenvalue weighted by Gasteiger charge is -2.14. The standard InChI is InChI=1S/C12H16F3N/c1-8(2)6-7-9-4-3-5-10(11(9)16)12(13,14)15/h3-5,8H,6-7,16H2,1-2H3. The molecule has 0 fully saturated rings. The average molecular weight is 231 g/mol. The Morgan fingerprint density at radius 2 is 1.88 bits per heavy atom. The van der Waals surface area contributed by atoms with Gasteiger partial charge in [-0.1, -0.05) is 26.0 Å². The third-order valence-electron chi connectivity index (χ3n) is 2.49. The zero-order valence-electron chi connectivity index (χ0n) is 9.43. The quantitative estimate of drug-likeness (QED) is 0.785. The van der Waals surface area contributed by atoms with Crippen LogP contribution in [0.2, 0.25) is 0 Å². The maximum Gasteiger partial charge on any atom is 0.418 e. The van der Waals surface area contributed by atoms with Gasteiger partial charge in [0.25, 0.3) is 0 Å². The van der Waals surface area contributed by atoms with Gasteiger partial charge in [0.1, 0.15) is 0 Å². The van der Waals surface area contributed by atoms with Crippen LogP contribution in [0.1, 0.15) is 31.4 Å². The highest BCUT2D eigenvalue weighted by atomic mass is 19.4. The summed E-state index contributed by atoms with van der Waals surface area (Å²) in [5.74, 6) is 0.453. The van der Waals surface area contributed by atoms with Gasteiger partial charge in [0, 0.05) is 5.69 Å². The van der Waals surface area contributed by atoms with Gasteiger partial charge in [-0.3, -0.25) is 0 Å². The van der Waals surface area contributed by atoms with Gasteiger partial charge in [-0.15, -0.1) is 0 Å². The number of hydrogen-bond donors (Lipinski definition) is 1. The number of nitrogen functional groups attached to an aromatic ring is 1. The average Bonchev–Trinajstić information content (AvgIpc) is 2.14. The lowest BCUT2D eigenvalue weighted by molar-refractivity contribution is -0.136. The fourth-order valence-corrected chi connectivity index (χ4v) is 1.52. The van der Waals surface area contributed by atoms with Crippen molar-refractivity contribution in [3.05, 3.63) is 29.3 Å². The van der Waals surface area contributed by atoms with Gasteiger partial charge in [0.05, 0.1) is 5.56 Å². The van der Waals surface area contributed by atoms with E-state index in [9.17, 15) is 13.2 Å². The van der Waals surface area contributed by atoms with E-state index in [1.165, 1.54) is 6.07 Å². The molecular formula is C12H16F3N. The summed E-state index contributed by atoms with van der Waals surface area (Å²) >= 11 is 0. The normalized spacial score (nSPS) is 12.1. The first-order valence-electron chi connectivity index (χ1n) is 5.27. The molecule has 0 heterocycles. The maximum absolute atomic E-state index is 12.5. The van der Waals surface area contributed by atoms with Crippen molar-refractivity contribution in [2.24, 2.45) is 5.92 Å². The second-order valence-corrected chi connectivity index (χ2v) is 4.31. The molecule has 0 aliphatic rings. The first kappa shape index (κ1) is 12.9. The van der Waals surface area contributed by atoms with E-state index in [-0.39, 0.29) is 5.69 Å². The SMILES string of the molecule is CC(C)CCc1cccc(C(F)(F)F)c1N. The van der Waals surface area contributed by atoms with Gasteiger partial charge in [-0.25, -0.2) is 0 Å². The summed E-state index contributed by atoms with van der Waals surface area (Å²) in [5, 5.41) is 0. The van der Waals surface area contributed by atoms with Crippen LogP contribution < -0.4 is 5.73 Å². The highest BCUT2D eigenvalue weighted by molar-refractivity contribution is 5.55. The first-order chi connectivity index (χ1) is 7.32. The molecule has 0 spiro atoms. The summed E-state index contributed by atoms with van der Waals surface area (Å²) in [6.45, 7) is 4.06. The predicted molar refractivity (Wildman–Crippen MR) is 59.0 cm³/mol. The molecule has 2 N–H and O–H groups in total. The summed E-state index contributed by atoms with van der Waals surface area (Å²) in [6.07, 6.45) is -2.93. The number of alkyl halides is 3. The molecule has 0 radical (unpaired) electrons. The molecule has 0 saturated heterocycles. The summed E-state index contributed by atoms with van der Waals surface area (Å²) in [6, 6.07) is 4.09. The van der Waals surface area contributed by atoms with Crippen LogP contribution in [0.4, 0.5) is 18.9 Å². The van der Waals surface area contributed by atoms with Crippen molar-refractivity contribution in [1.29, 1.82) is 0 Å². The Morgan fingerprint density at radius 3 is 2.38 bits per heavy atom. The van der Waals surface area contributed by atoms with Crippen molar-refractivity contribution in [2.45, 2.75) is 32.9 Å². The minimum atomic E-state index is -4.36. The number of rotatable bonds is 3. The Bertz CT molecular complexity index is 356. The van der Waals surface area contributed by atoms with Crippen molar-refractivity contribution >= 4 is 5.69 Å². The third kappa shape index (κ3) is 3.15. The molecule has 0 atom stereocenters. The Balaban J connectivity index is 2.96. The highest BCUT2D eigenvalue weighted by Crippen LogP contribution is 2.35. The van der Waals surface area contributed by atoms with E-state index in [1.807, 2.05) is 13.8 Å². The third-order valence-corrected chi connectivity index (χ3v) is 2.49. The van der Waals surface area contributed by atoms with E-state index >= 15 is 0 Å². The molecule has 1 aromatic carbocycles. The minimum Gasteiger partial charge on any atom is -0.398 e. The number of halogens is 3. The first-order valence-corrected chi connectivity index (χ1v) is 5.27. The van der Waals surface area contributed by atoms with Crippen LogP contribution in [-0.2, 0) is 12.6 Å². The maximum atomic E-state index is 12.5. The molecule has 0 aliphatic heterocycles. The van der Waals surface area contributed by atoms with Gasteiger partial charge in [0.2, 0.25) is 0 Å². The largest absolute Gasteiger partial charge is 0.418 e. The topological polar surface area (TPSA) is 26.0 Å². The van der Waals surface area contributed by atoms with Crippen LogP contribution in [0.15, 0.2) is 18.2 Å². The highest BCUT2D eigenvalue weighted by Gasteiger charge is 2.33. The summed E-state index contributed by atoms with van der Waals surface area (Å²) in [4.78, 5) is 0. The van der Waals surface area contributed by atoms with E-state index in [0.717, 1.165) is 12.5 Å². The number of nitrogens with two attached hydrogens (primary N) is 1. The van der Waals surface area contributed by atoms with Gasteiger partial charge in [0.15, 0.2) is 0 Å². The van der Waals surface area contributed by atoms with E-state index in [0.29, 0.717) is 17.9 Å². The molecule has 1 rings (SSSR count). The Labute approximate surface area is 93.5 Å². The molecule has 0 unspecified atom stereocenters. The second kappa shape index (κ2) is 4.76. The summed E-state index contributed by atoms with van der Waals surface area (Å²) in [7, 11) is 0. The number of aryl methyl sites for hydroxylation is 1. The fourth-order valence-electron chi connectivity index (χ4n) is 1.52. The Morgan fingerprint density at radius 1 is 1.25 bits per heavy atom. The van der Waals surface area contributed by atoms with Crippen molar-refractivity contribution in [3.63, 3.8) is 0 Å². The zero-order chi connectivity index (χ0) is 12.3. The molecular weight excluding hydrogens is 215 g/mol. The van der Waals surface area contributed by atoms with Crippen LogP contribution in [-0.4, -0.2) is 0 Å². The molecule has 16 heavy (non-hydrogen) atoms. The van der Waals surface area contributed by atoms with Gasteiger partial charge in [-0.2, -0.15) is 13.2 Å². The lowest BCUT2D eigenvalue weighted by atomic mass is 9.99. The van der Waals surface area contributed by atoms with Crippen molar-refractivity contribution in [1.82, 2.24) is 0 Å². The molecule has 0 amide bonds. The van der Waals surface area contributed by atoms with E-state index in [2.05, 4.69) is 0 Å². The van der Waals surface area contributed by atoms with Crippen LogP contribution in [0.5, 0.6) is 0 Å². The lowest BCUT2D eigenvalue weighted by Crippen LogP contribution is -2.11. The van der Waals surface area contributed by atoms with Crippen molar-refractivity contribution < 1.29 is 13.2 Å². The number of para-hydroxylation sites is 1. The van der Waals surface area contributed by atoms with Crippen molar-refractivity contribution in [2.75, 3.05) is 5.73 Å². The number of benzene rings is 1. The molecule has 0 bridgehead atoms. The molecule has 0 aliphatic carbocycles. The van der Waals surface area contributed by atoms with Crippen molar-refractivity contribution in [3.8, 4) is 0 Å². The van der Waals surface area contributed by atoms with Gasteiger partial charge in [-0.05, 0) is 30.4 Å². The fraction of sp³-hybridized carbons (Fsp3) is 0.500. The Hall–Kier alpha value is -1.19. The number of anilines is 1. The predicted octanol–water partition coefficient (Wildman–Crippen LogP) is 3.88. The van der Waals surface area contributed by atoms with Gasteiger partial charge < -0.3 is 5.73 Å². The Kier molecular flexibility index (Phi) is 3.83. The van der Waals surface area contributed by atoms with Crippen LogP contribution in [0.3, 0.4) is 0 Å². The van der Waals surface area contributed by atoms with E-state index in [1.54, 1.807) is 6.07 Å². The van der Waals surface area contributed by atoms with E-state index in [4.69, 9.17) is 5.73 Å². The minimum absolute atomic E-state index is 0.129. The molecule has 1 aromatic rings. The molecule has 1 nitrogen and oxygen atoms in total. The number of hydrogen-bond acceptors (Lipinski definition) is 1. The molecule has 0 saturated carbocycles. The second-order valence-electron chi connectivity index (χ2n) is 4.31. The van der Waals surface area contributed by atoms with Crippen LogP contribution >= 0.6 is 0 Å². The zero-order valence-corrected chi connectivity index (χ0v) is 9.43. The summed E-state index contributed by atoms with van der Waals surface area (Å²) < 4.78 is 37.6. The van der Waals surface area contributed by atoms with Gasteiger partial charge >= 0.3 is 6.18 Å². The summed E-state index contributed by atoms with van der Waals surface area (Å²) in [5.41, 5.74) is 5.27. The smallest absolute Gasteiger partial charge is 0.398 e. The molecule has 4 heteroatoms. The molecule has 0 aromatic heterocycles. The molecule has 90 valence electrons. The van der Waals surface area contributed by atoms with Crippen LogP contribution in [0.25, 0.3) is 0 Å².